The third kappa shape index (κ3) is 4.44. The van der Waals surface area contributed by atoms with E-state index in [2.05, 4.69) is 25.5 Å². The highest BCUT2D eigenvalue weighted by Gasteiger charge is 2.35. The van der Waals surface area contributed by atoms with Gasteiger partial charge in [0.05, 0.1) is 29.6 Å². The Morgan fingerprint density at radius 3 is 2.60 bits per heavy atom. The second kappa shape index (κ2) is 8.27. The molecule has 2 aromatic carbocycles. The van der Waals surface area contributed by atoms with Gasteiger partial charge in [0.15, 0.2) is 11.6 Å². The number of halogens is 4. The summed E-state index contributed by atoms with van der Waals surface area (Å²) in [4.78, 5) is 8.73. The maximum Gasteiger partial charge on any atom is 0.417 e. The summed E-state index contributed by atoms with van der Waals surface area (Å²) in [6, 6.07) is 8.92. The Balaban J connectivity index is 1.68. The molecule has 0 radical (unpaired) electrons. The highest BCUT2D eigenvalue weighted by atomic mass is 32.2. The fraction of sp³-hybridized carbons (Fsp3) is 0.227. The SMILES string of the molecule is CS(=O)(=O)N1CCc2c(nc(-c3ccccc3C(F)(F)F)nc2Nc2n[nH]c3ccc(F)cc23)C1. The first-order chi connectivity index (χ1) is 16.5. The fourth-order valence-electron chi connectivity index (χ4n) is 4.03. The average Bonchev–Trinajstić information content (AvgIpc) is 3.19. The largest absolute Gasteiger partial charge is 0.417 e. The van der Waals surface area contributed by atoms with E-state index in [1.165, 1.54) is 40.7 Å². The van der Waals surface area contributed by atoms with Crippen molar-refractivity contribution in [3.63, 3.8) is 0 Å². The van der Waals surface area contributed by atoms with Crippen LogP contribution in [0, 0.1) is 5.82 Å². The number of rotatable bonds is 4. The first kappa shape index (κ1) is 23.2. The van der Waals surface area contributed by atoms with E-state index in [1.807, 2.05) is 0 Å². The molecule has 1 aliphatic rings. The third-order valence-corrected chi connectivity index (χ3v) is 6.98. The molecular weight excluding hydrogens is 488 g/mol. The van der Waals surface area contributed by atoms with Gasteiger partial charge in [-0.25, -0.2) is 22.8 Å². The van der Waals surface area contributed by atoms with E-state index in [0.717, 1.165) is 12.3 Å². The van der Waals surface area contributed by atoms with Crippen LogP contribution in [0.4, 0.5) is 29.2 Å². The molecule has 35 heavy (non-hydrogen) atoms. The zero-order valence-electron chi connectivity index (χ0n) is 18.2. The van der Waals surface area contributed by atoms with Crippen molar-refractivity contribution in [3.05, 3.63) is 65.1 Å². The quantitative estimate of drug-likeness (QED) is 0.402. The molecule has 0 fully saturated rings. The first-order valence-corrected chi connectivity index (χ1v) is 12.3. The minimum Gasteiger partial charge on any atom is -0.323 e. The van der Waals surface area contributed by atoms with Gasteiger partial charge >= 0.3 is 6.18 Å². The van der Waals surface area contributed by atoms with Gasteiger partial charge in [-0.1, -0.05) is 18.2 Å². The van der Waals surface area contributed by atoms with Crippen molar-refractivity contribution < 1.29 is 26.0 Å². The Morgan fingerprint density at radius 1 is 1.09 bits per heavy atom. The summed E-state index contributed by atoms with van der Waals surface area (Å²) in [7, 11) is -3.56. The number of hydrogen-bond donors (Lipinski definition) is 2. The van der Waals surface area contributed by atoms with Crippen LogP contribution < -0.4 is 5.32 Å². The summed E-state index contributed by atoms with van der Waals surface area (Å²) in [6.07, 6.45) is -3.37. The van der Waals surface area contributed by atoms with E-state index in [0.29, 0.717) is 16.5 Å². The molecule has 0 spiro atoms. The summed E-state index contributed by atoms with van der Waals surface area (Å²) < 4.78 is 80.4. The van der Waals surface area contributed by atoms with Crippen LogP contribution in [0.15, 0.2) is 42.5 Å². The standard InChI is InChI=1S/C22H18F4N6O2S/c1-35(33,34)32-9-8-14-18(11-32)27-19(13-4-2-3-5-16(13)22(24,25)26)28-20(14)29-21-15-10-12(23)6-7-17(15)30-31-21/h2-7,10H,8-9,11H2,1H3,(H2,27,28,29,30,31). The van der Waals surface area contributed by atoms with Gasteiger partial charge in [0.2, 0.25) is 10.0 Å². The van der Waals surface area contributed by atoms with Crippen LogP contribution in [0.2, 0.25) is 0 Å². The van der Waals surface area contributed by atoms with E-state index >= 15 is 0 Å². The zero-order chi connectivity index (χ0) is 25.0. The van der Waals surface area contributed by atoms with Crippen LogP contribution in [0.5, 0.6) is 0 Å². The van der Waals surface area contributed by atoms with Crippen molar-refractivity contribution in [1.29, 1.82) is 0 Å². The third-order valence-electron chi connectivity index (χ3n) is 5.73. The van der Waals surface area contributed by atoms with Crippen LogP contribution in [-0.4, -0.2) is 45.7 Å². The van der Waals surface area contributed by atoms with Gasteiger partial charge in [-0.15, -0.1) is 0 Å². The molecule has 2 N–H and O–H groups in total. The molecule has 0 atom stereocenters. The maximum atomic E-state index is 13.8. The Morgan fingerprint density at radius 2 is 1.86 bits per heavy atom. The normalized spacial score (nSPS) is 14.8. The van der Waals surface area contributed by atoms with Crippen molar-refractivity contribution in [1.82, 2.24) is 24.5 Å². The lowest BCUT2D eigenvalue weighted by Crippen LogP contribution is -2.36. The molecule has 4 aromatic rings. The fourth-order valence-corrected chi connectivity index (χ4v) is 4.81. The molecule has 0 saturated carbocycles. The van der Waals surface area contributed by atoms with Gasteiger partial charge in [-0.05, 0) is 30.7 Å². The lowest BCUT2D eigenvalue weighted by atomic mass is 10.0. The Hall–Kier alpha value is -3.58. The predicted molar refractivity (Wildman–Crippen MR) is 121 cm³/mol. The summed E-state index contributed by atoms with van der Waals surface area (Å²) in [5, 5.41) is 10.3. The average molecular weight is 506 g/mol. The number of anilines is 2. The number of benzene rings is 2. The van der Waals surface area contributed by atoms with Crippen molar-refractivity contribution in [2.75, 3.05) is 18.1 Å². The summed E-state index contributed by atoms with van der Waals surface area (Å²) >= 11 is 0. The Labute approximate surface area is 197 Å². The van der Waals surface area contributed by atoms with Crippen molar-refractivity contribution in [2.24, 2.45) is 0 Å². The van der Waals surface area contributed by atoms with E-state index in [4.69, 9.17) is 0 Å². The van der Waals surface area contributed by atoms with Gasteiger partial charge in [-0.3, -0.25) is 5.10 Å². The van der Waals surface area contributed by atoms with Crippen LogP contribution in [0.25, 0.3) is 22.3 Å². The molecule has 1 aliphatic heterocycles. The number of fused-ring (bicyclic) bond motifs is 2. The molecule has 0 aliphatic carbocycles. The molecule has 182 valence electrons. The lowest BCUT2D eigenvalue weighted by molar-refractivity contribution is -0.137. The van der Waals surface area contributed by atoms with Gasteiger partial charge in [0, 0.05) is 23.1 Å². The van der Waals surface area contributed by atoms with E-state index in [1.54, 1.807) is 0 Å². The molecule has 13 heteroatoms. The highest BCUT2D eigenvalue weighted by Crippen LogP contribution is 2.38. The van der Waals surface area contributed by atoms with E-state index < -0.39 is 27.6 Å². The topological polar surface area (TPSA) is 104 Å². The monoisotopic (exact) mass is 506 g/mol. The number of aromatic nitrogens is 4. The zero-order valence-corrected chi connectivity index (χ0v) is 19.0. The van der Waals surface area contributed by atoms with Crippen LogP contribution in [0.3, 0.4) is 0 Å². The Bertz CT molecular complexity index is 1550. The second-order valence-electron chi connectivity index (χ2n) is 8.10. The number of alkyl halides is 3. The van der Waals surface area contributed by atoms with Gasteiger partial charge in [0.1, 0.15) is 11.6 Å². The molecule has 5 rings (SSSR count). The molecule has 3 heterocycles. The highest BCUT2D eigenvalue weighted by molar-refractivity contribution is 7.88. The van der Waals surface area contributed by atoms with E-state index in [-0.39, 0.29) is 48.2 Å². The minimum atomic E-state index is -4.65. The van der Waals surface area contributed by atoms with Crippen LogP contribution >= 0.6 is 0 Å². The summed E-state index contributed by atoms with van der Waals surface area (Å²) in [5.41, 5.74) is 0.194. The maximum absolute atomic E-state index is 13.8. The van der Waals surface area contributed by atoms with Crippen molar-refractivity contribution in [2.45, 2.75) is 19.1 Å². The number of H-pyrrole nitrogens is 1. The number of aromatic amines is 1. The molecule has 0 saturated heterocycles. The van der Waals surface area contributed by atoms with Gasteiger partial charge in [0.25, 0.3) is 0 Å². The van der Waals surface area contributed by atoms with E-state index in [9.17, 15) is 26.0 Å². The molecule has 2 aromatic heterocycles. The van der Waals surface area contributed by atoms with Crippen molar-refractivity contribution >= 4 is 32.6 Å². The smallest absolute Gasteiger partial charge is 0.323 e. The van der Waals surface area contributed by atoms with Crippen molar-refractivity contribution in [3.8, 4) is 11.4 Å². The molecular formula is C22H18F4N6O2S. The first-order valence-electron chi connectivity index (χ1n) is 10.4. The minimum absolute atomic E-state index is 0.123. The number of nitrogens with one attached hydrogen (secondary N) is 2. The molecule has 0 bridgehead atoms. The number of nitrogens with zero attached hydrogens (tertiary/aromatic N) is 4. The number of hydrogen-bond acceptors (Lipinski definition) is 6. The van der Waals surface area contributed by atoms with Crippen LogP contribution in [0.1, 0.15) is 16.8 Å². The predicted octanol–water partition coefficient (Wildman–Crippen LogP) is 4.24. The number of sulfonamides is 1. The molecule has 8 nitrogen and oxygen atoms in total. The van der Waals surface area contributed by atoms with Gasteiger partial charge in [-0.2, -0.15) is 22.6 Å². The molecule has 0 amide bonds. The van der Waals surface area contributed by atoms with Crippen LogP contribution in [-0.2, 0) is 29.2 Å². The van der Waals surface area contributed by atoms with Gasteiger partial charge < -0.3 is 5.32 Å². The summed E-state index contributed by atoms with van der Waals surface area (Å²) in [5.74, 6) is -0.315. The lowest BCUT2D eigenvalue weighted by Gasteiger charge is -2.27. The Kier molecular flexibility index (Phi) is 5.48. The second-order valence-corrected chi connectivity index (χ2v) is 10.1. The summed E-state index contributed by atoms with van der Waals surface area (Å²) in [6.45, 7) is 0.0286. The molecule has 0 unspecified atom stereocenters.